The summed E-state index contributed by atoms with van der Waals surface area (Å²) in [6.07, 6.45) is 4.62. The molecular formula is C11H19NO3S. The van der Waals surface area contributed by atoms with E-state index in [-0.39, 0.29) is 24.7 Å². The highest BCUT2D eigenvalue weighted by Crippen LogP contribution is 2.27. The van der Waals surface area contributed by atoms with Gasteiger partial charge < -0.3 is 15.2 Å². The van der Waals surface area contributed by atoms with Crippen LogP contribution >= 0.6 is 12.6 Å². The summed E-state index contributed by atoms with van der Waals surface area (Å²) in [5.74, 6) is 1.13. The normalized spacial score (nSPS) is 29.8. The number of hydrogen-bond donors (Lipinski definition) is 3. The van der Waals surface area contributed by atoms with Crippen molar-refractivity contribution in [1.82, 2.24) is 5.32 Å². The third-order valence-electron chi connectivity index (χ3n) is 2.61. The Bertz CT molecular complexity index is 258. The molecule has 1 rings (SSSR count). The first-order valence-electron chi connectivity index (χ1n) is 5.47. The third-order valence-corrected chi connectivity index (χ3v) is 2.87. The summed E-state index contributed by atoms with van der Waals surface area (Å²) in [6, 6.07) is 0. The molecule has 1 saturated heterocycles. The van der Waals surface area contributed by atoms with E-state index >= 15 is 0 Å². The third kappa shape index (κ3) is 4.15. The Balaban J connectivity index is 2.45. The number of carbonyl (C=O) groups excluding carboxylic acids is 1. The number of ketones is 1. The molecule has 0 aromatic rings. The van der Waals surface area contributed by atoms with E-state index in [0.29, 0.717) is 5.92 Å². The molecule has 0 bridgehead atoms. The Morgan fingerprint density at radius 3 is 3.00 bits per heavy atom. The van der Waals surface area contributed by atoms with Gasteiger partial charge in [-0.15, -0.1) is 0 Å². The highest BCUT2D eigenvalue weighted by molar-refractivity contribution is 7.80. The fraction of sp³-hybridized carbons (Fsp3) is 0.727. The summed E-state index contributed by atoms with van der Waals surface area (Å²) in [6.45, 7) is 1.53. The van der Waals surface area contributed by atoms with Crippen molar-refractivity contribution >= 4 is 18.4 Å². The quantitative estimate of drug-likeness (QED) is 0.477. The van der Waals surface area contributed by atoms with Crippen molar-refractivity contribution in [3.05, 3.63) is 12.3 Å². The van der Waals surface area contributed by atoms with E-state index in [9.17, 15) is 4.79 Å². The zero-order chi connectivity index (χ0) is 12.0. The molecule has 1 fully saturated rings. The van der Waals surface area contributed by atoms with Crippen molar-refractivity contribution in [2.24, 2.45) is 5.92 Å². The van der Waals surface area contributed by atoms with E-state index in [1.54, 1.807) is 6.20 Å². The topological polar surface area (TPSA) is 58.6 Å². The summed E-state index contributed by atoms with van der Waals surface area (Å²) >= 11 is 4.20. The van der Waals surface area contributed by atoms with E-state index in [0.717, 1.165) is 18.6 Å². The maximum Gasteiger partial charge on any atom is 0.154 e. The molecule has 0 amide bonds. The van der Waals surface area contributed by atoms with Crippen LogP contribution in [0.2, 0.25) is 0 Å². The first-order valence-corrected chi connectivity index (χ1v) is 6.11. The number of ether oxygens (including phenoxy) is 1. The Morgan fingerprint density at radius 1 is 1.69 bits per heavy atom. The summed E-state index contributed by atoms with van der Waals surface area (Å²) in [4.78, 5) is 10.7. The van der Waals surface area contributed by atoms with Gasteiger partial charge in [-0.05, 0) is 31.6 Å². The molecule has 0 spiro atoms. The average molecular weight is 245 g/mol. The highest BCUT2D eigenvalue weighted by atomic mass is 32.1. The van der Waals surface area contributed by atoms with E-state index in [1.165, 1.54) is 13.0 Å². The van der Waals surface area contributed by atoms with Gasteiger partial charge in [0.25, 0.3) is 0 Å². The van der Waals surface area contributed by atoms with Gasteiger partial charge in [0.2, 0.25) is 0 Å². The average Bonchev–Trinajstić information content (AvgIpc) is 2.61. The van der Waals surface area contributed by atoms with E-state index in [4.69, 9.17) is 9.84 Å². The van der Waals surface area contributed by atoms with Crippen LogP contribution in [0, 0.1) is 5.92 Å². The zero-order valence-corrected chi connectivity index (χ0v) is 10.3. The van der Waals surface area contributed by atoms with Crippen molar-refractivity contribution in [1.29, 1.82) is 0 Å². The molecule has 1 unspecified atom stereocenters. The molecule has 1 aliphatic rings. The van der Waals surface area contributed by atoms with Gasteiger partial charge in [0.15, 0.2) is 5.78 Å². The van der Waals surface area contributed by atoms with Gasteiger partial charge in [-0.1, -0.05) is 0 Å². The van der Waals surface area contributed by atoms with Crippen LogP contribution in [0.3, 0.4) is 0 Å². The molecule has 0 saturated carbocycles. The molecule has 0 aromatic heterocycles. The van der Waals surface area contributed by atoms with Crippen LogP contribution < -0.4 is 5.32 Å². The van der Waals surface area contributed by atoms with E-state index in [2.05, 4.69) is 17.9 Å². The van der Waals surface area contributed by atoms with E-state index in [1.807, 2.05) is 0 Å². The SMILES string of the molecule is CC(=O)/C=C\N[C@@H]1O[C@H](CO)CC1CCS. The fourth-order valence-corrected chi connectivity index (χ4v) is 2.16. The van der Waals surface area contributed by atoms with Crippen LogP contribution in [-0.4, -0.2) is 35.6 Å². The monoisotopic (exact) mass is 245 g/mol. The van der Waals surface area contributed by atoms with Crippen molar-refractivity contribution in [3.8, 4) is 0 Å². The van der Waals surface area contributed by atoms with Crippen LogP contribution in [0.1, 0.15) is 19.8 Å². The van der Waals surface area contributed by atoms with Gasteiger partial charge >= 0.3 is 0 Å². The molecule has 92 valence electrons. The number of hydrogen-bond acceptors (Lipinski definition) is 5. The van der Waals surface area contributed by atoms with Crippen LogP contribution in [0.4, 0.5) is 0 Å². The second-order valence-corrected chi connectivity index (χ2v) is 4.43. The van der Waals surface area contributed by atoms with Gasteiger partial charge in [0.1, 0.15) is 6.23 Å². The second-order valence-electron chi connectivity index (χ2n) is 3.98. The highest BCUT2D eigenvalue weighted by Gasteiger charge is 2.33. The fourth-order valence-electron chi connectivity index (χ4n) is 1.82. The number of carbonyl (C=O) groups is 1. The Morgan fingerprint density at radius 2 is 2.44 bits per heavy atom. The van der Waals surface area contributed by atoms with Crippen LogP contribution in [0.5, 0.6) is 0 Å². The van der Waals surface area contributed by atoms with Crippen molar-refractivity contribution in [3.63, 3.8) is 0 Å². The summed E-state index contributed by atoms with van der Waals surface area (Å²) in [5.41, 5.74) is 0. The number of allylic oxidation sites excluding steroid dienone is 1. The zero-order valence-electron chi connectivity index (χ0n) is 9.43. The van der Waals surface area contributed by atoms with Gasteiger partial charge in [-0.2, -0.15) is 12.6 Å². The van der Waals surface area contributed by atoms with Crippen molar-refractivity contribution in [2.75, 3.05) is 12.4 Å². The maximum absolute atomic E-state index is 10.7. The number of rotatable bonds is 6. The Kier molecular flexibility index (Phi) is 5.87. The molecule has 0 radical (unpaired) electrons. The summed E-state index contributed by atoms with van der Waals surface area (Å²) in [5, 5.41) is 12.1. The Hall–Kier alpha value is -0.520. The molecule has 16 heavy (non-hydrogen) atoms. The lowest BCUT2D eigenvalue weighted by Crippen LogP contribution is -2.31. The summed E-state index contributed by atoms with van der Waals surface area (Å²) < 4.78 is 5.60. The van der Waals surface area contributed by atoms with Crippen LogP contribution in [-0.2, 0) is 9.53 Å². The molecule has 1 aliphatic heterocycles. The second kappa shape index (κ2) is 6.93. The van der Waals surface area contributed by atoms with Gasteiger partial charge in [0, 0.05) is 12.1 Å². The molecule has 1 heterocycles. The van der Waals surface area contributed by atoms with E-state index < -0.39 is 0 Å². The smallest absolute Gasteiger partial charge is 0.154 e. The molecular weight excluding hydrogens is 226 g/mol. The standard InChI is InChI=1S/C11H19NO3S/c1-8(14)2-4-12-11-9(3-5-16)6-10(7-13)15-11/h2,4,9-13,16H,3,5-7H2,1H3/b4-2-/t9?,10-,11+/m0/s1. The van der Waals surface area contributed by atoms with Gasteiger partial charge in [-0.25, -0.2) is 0 Å². The maximum atomic E-state index is 10.7. The molecule has 5 heteroatoms. The van der Waals surface area contributed by atoms with Crippen LogP contribution in [0.15, 0.2) is 12.3 Å². The molecule has 0 aromatic carbocycles. The number of aliphatic hydroxyl groups excluding tert-OH is 1. The molecule has 4 nitrogen and oxygen atoms in total. The number of thiol groups is 1. The lowest BCUT2D eigenvalue weighted by atomic mass is 10.0. The lowest BCUT2D eigenvalue weighted by Gasteiger charge is -2.17. The minimum atomic E-state index is -0.125. The van der Waals surface area contributed by atoms with Crippen molar-refractivity contribution < 1.29 is 14.6 Å². The van der Waals surface area contributed by atoms with Gasteiger partial charge in [0.05, 0.1) is 12.7 Å². The summed E-state index contributed by atoms with van der Waals surface area (Å²) in [7, 11) is 0. The minimum absolute atomic E-state index is 0.00468. The predicted octanol–water partition coefficient (Wildman–Crippen LogP) is 0.722. The van der Waals surface area contributed by atoms with Crippen molar-refractivity contribution in [2.45, 2.75) is 32.1 Å². The van der Waals surface area contributed by atoms with Crippen LogP contribution in [0.25, 0.3) is 0 Å². The minimum Gasteiger partial charge on any atom is -0.394 e. The molecule has 3 atom stereocenters. The number of aliphatic hydroxyl groups is 1. The first kappa shape index (κ1) is 13.5. The van der Waals surface area contributed by atoms with Gasteiger partial charge in [-0.3, -0.25) is 4.79 Å². The first-order chi connectivity index (χ1) is 7.67. The molecule has 0 aliphatic carbocycles. The molecule has 2 N–H and O–H groups in total. The number of nitrogens with one attached hydrogen (secondary N) is 1. The lowest BCUT2D eigenvalue weighted by molar-refractivity contribution is -0.112. The predicted molar refractivity (Wildman–Crippen MR) is 65.3 cm³/mol. The largest absolute Gasteiger partial charge is 0.394 e. The Labute approximate surface area is 101 Å².